The SMILES string of the molecule is CC(=O)N1CC2(C1)CC(O)(c1cc(C)c3nc(C)nc(NCc4cccc(C(F)(F)F)c4)c3c1)C2. The minimum atomic E-state index is -4.41. The third kappa shape index (κ3) is 4.22. The second-order valence-electron chi connectivity index (χ2n) is 10.1. The van der Waals surface area contributed by atoms with Crippen LogP contribution in [0.3, 0.4) is 0 Å². The predicted octanol–water partition coefficient (Wildman–Crippen LogP) is 4.71. The van der Waals surface area contributed by atoms with E-state index in [9.17, 15) is 23.1 Å². The number of benzene rings is 2. The molecule has 5 rings (SSSR count). The molecular formula is C26H27F3N4O2. The van der Waals surface area contributed by atoms with Gasteiger partial charge in [-0.2, -0.15) is 13.2 Å². The molecule has 0 bridgehead atoms. The molecule has 1 aromatic heterocycles. The van der Waals surface area contributed by atoms with Gasteiger partial charge in [0.15, 0.2) is 0 Å². The summed E-state index contributed by atoms with van der Waals surface area (Å²) in [7, 11) is 0. The summed E-state index contributed by atoms with van der Waals surface area (Å²) in [5, 5.41) is 15.3. The van der Waals surface area contributed by atoms with Crippen molar-refractivity contribution >= 4 is 22.6 Å². The summed E-state index contributed by atoms with van der Waals surface area (Å²) >= 11 is 0. The maximum Gasteiger partial charge on any atom is 0.416 e. The Bertz CT molecular complexity index is 1320. The Morgan fingerprint density at radius 1 is 1.14 bits per heavy atom. The van der Waals surface area contributed by atoms with Gasteiger partial charge >= 0.3 is 6.18 Å². The Labute approximate surface area is 201 Å². The number of fused-ring (bicyclic) bond motifs is 1. The molecule has 3 aromatic rings. The van der Waals surface area contributed by atoms with Crippen LogP contribution in [0.2, 0.25) is 0 Å². The lowest BCUT2D eigenvalue weighted by molar-refractivity contribution is -0.199. The van der Waals surface area contributed by atoms with E-state index in [4.69, 9.17) is 0 Å². The fourth-order valence-corrected chi connectivity index (χ4v) is 5.57. The van der Waals surface area contributed by atoms with E-state index in [0.717, 1.165) is 28.8 Å². The number of aliphatic hydroxyl groups is 1. The Kier molecular flexibility index (Phi) is 5.32. The molecule has 2 heterocycles. The van der Waals surface area contributed by atoms with Crippen LogP contribution in [0, 0.1) is 19.3 Å². The van der Waals surface area contributed by atoms with Gasteiger partial charge < -0.3 is 15.3 Å². The molecule has 0 unspecified atom stereocenters. The summed E-state index contributed by atoms with van der Waals surface area (Å²) in [6.45, 7) is 6.75. The molecule has 2 N–H and O–H groups in total. The first kappa shape index (κ1) is 23.5. The number of hydrogen-bond donors (Lipinski definition) is 2. The number of aryl methyl sites for hydroxylation is 2. The monoisotopic (exact) mass is 484 g/mol. The molecule has 2 aliphatic rings. The highest BCUT2D eigenvalue weighted by Gasteiger charge is 2.60. The molecule has 1 spiro atoms. The van der Waals surface area contributed by atoms with Gasteiger partial charge in [0, 0.05) is 37.4 Å². The van der Waals surface area contributed by atoms with Crippen LogP contribution in [-0.4, -0.2) is 39.0 Å². The van der Waals surface area contributed by atoms with Gasteiger partial charge in [0.25, 0.3) is 0 Å². The first-order valence-electron chi connectivity index (χ1n) is 11.5. The van der Waals surface area contributed by atoms with Crippen molar-refractivity contribution in [3.8, 4) is 0 Å². The average Bonchev–Trinajstić information content (AvgIpc) is 2.73. The minimum Gasteiger partial charge on any atom is -0.385 e. The molecule has 9 heteroatoms. The van der Waals surface area contributed by atoms with Crippen LogP contribution in [0.4, 0.5) is 19.0 Å². The topological polar surface area (TPSA) is 78.4 Å². The van der Waals surface area contributed by atoms with Gasteiger partial charge in [0.1, 0.15) is 11.6 Å². The molecule has 184 valence electrons. The zero-order valence-corrected chi connectivity index (χ0v) is 19.8. The zero-order chi connectivity index (χ0) is 25.2. The molecule has 1 aliphatic heterocycles. The summed E-state index contributed by atoms with van der Waals surface area (Å²) in [6, 6.07) is 9.02. The molecule has 1 saturated carbocycles. The highest BCUT2D eigenvalue weighted by Crippen LogP contribution is 2.58. The number of carbonyl (C=O) groups is 1. The zero-order valence-electron chi connectivity index (χ0n) is 19.8. The number of rotatable bonds is 4. The summed E-state index contributed by atoms with van der Waals surface area (Å²) < 4.78 is 39.3. The van der Waals surface area contributed by atoms with Gasteiger partial charge in [-0.1, -0.05) is 18.2 Å². The number of aromatic nitrogens is 2. The van der Waals surface area contributed by atoms with Crippen LogP contribution in [0.5, 0.6) is 0 Å². The molecule has 0 atom stereocenters. The second-order valence-corrected chi connectivity index (χ2v) is 10.1. The van der Waals surface area contributed by atoms with Crippen molar-refractivity contribution in [3.05, 3.63) is 64.5 Å². The van der Waals surface area contributed by atoms with E-state index >= 15 is 0 Å². The molecule has 1 aliphatic carbocycles. The largest absolute Gasteiger partial charge is 0.416 e. The molecule has 1 amide bonds. The number of halogens is 3. The minimum absolute atomic E-state index is 0.0301. The molecule has 2 fully saturated rings. The van der Waals surface area contributed by atoms with E-state index in [-0.39, 0.29) is 17.9 Å². The highest BCUT2D eigenvalue weighted by atomic mass is 19.4. The van der Waals surface area contributed by atoms with Gasteiger partial charge in [0.05, 0.1) is 16.7 Å². The third-order valence-corrected chi connectivity index (χ3v) is 7.19. The van der Waals surface area contributed by atoms with Gasteiger partial charge in [-0.3, -0.25) is 4.79 Å². The van der Waals surface area contributed by atoms with Crippen LogP contribution in [0.15, 0.2) is 36.4 Å². The first-order chi connectivity index (χ1) is 16.4. The standard InChI is InChI=1S/C26H27F3N4O2/c1-15-7-20(25(35)11-24(12-25)13-33(14-24)17(3)34)9-21-22(15)31-16(2)32-23(21)30-10-18-5-4-6-19(8-18)26(27,28)29/h4-9,35H,10-14H2,1-3H3,(H,30,31,32). The first-order valence-corrected chi connectivity index (χ1v) is 11.5. The molecule has 0 radical (unpaired) electrons. The summed E-state index contributed by atoms with van der Waals surface area (Å²) in [5.41, 5.74) is 1.15. The van der Waals surface area contributed by atoms with Crippen molar-refractivity contribution in [3.63, 3.8) is 0 Å². The van der Waals surface area contributed by atoms with Crippen LogP contribution < -0.4 is 5.32 Å². The lowest BCUT2D eigenvalue weighted by atomic mass is 9.53. The number of likely N-dealkylation sites (tertiary alicyclic amines) is 1. The smallest absolute Gasteiger partial charge is 0.385 e. The molecular weight excluding hydrogens is 457 g/mol. The summed E-state index contributed by atoms with van der Waals surface area (Å²) in [4.78, 5) is 22.4. The number of hydrogen-bond acceptors (Lipinski definition) is 5. The fourth-order valence-electron chi connectivity index (χ4n) is 5.57. The van der Waals surface area contributed by atoms with E-state index in [1.807, 2.05) is 19.1 Å². The van der Waals surface area contributed by atoms with Crippen molar-refractivity contribution < 1.29 is 23.1 Å². The number of nitrogens with one attached hydrogen (secondary N) is 1. The molecule has 35 heavy (non-hydrogen) atoms. The molecule has 2 aromatic carbocycles. The number of anilines is 1. The lowest BCUT2D eigenvalue weighted by Crippen LogP contribution is -2.67. The van der Waals surface area contributed by atoms with Crippen LogP contribution >= 0.6 is 0 Å². The van der Waals surface area contributed by atoms with Crippen molar-refractivity contribution in [1.29, 1.82) is 0 Å². The number of alkyl halides is 3. The quantitative estimate of drug-likeness (QED) is 0.561. The van der Waals surface area contributed by atoms with Gasteiger partial charge in [0.2, 0.25) is 5.91 Å². The number of amides is 1. The average molecular weight is 485 g/mol. The van der Waals surface area contributed by atoms with E-state index in [1.165, 1.54) is 6.07 Å². The predicted molar refractivity (Wildman–Crippen MR) is 126 cm³/mol. The Morgan fingerprint density at radius 3 is 2.51 bits per heavy atom. The normalized spacial score (nSPS) is 18.3. The maximum atomic E-state index is 13.1. The van der Waals surface area contributed by atoms with Crippen LogP contribution in [0.25, 0.3) is 10.9 Å². The summed E-state index contributed by atoms with van der Waals surface area (Å²) in [5.74, 6) is 1.11. The van der Waals surface area contributed by atoms with E-state index < -0.39 is 17.3 Å². The van der Waals surface area contributed by atoms with Gasteiger partial charge in [-0.05, 0) is 61.6 Å². The lowest BCUT2D eigenvalue weighted by Gasteiger charge is -2.62. The van der Waals surface area contributed by atoms with E-state index in [2.05, 4.69) is 15.3 Å². The van der Waals surface area contributed by atoms with E-state index in [1.54, 1.807) is 24.8 Å². The maximum absolute atomic E-state index is 13.1. The fraction of sp³-hybridized carbons (Fsp3) is 0.423. The Morgan fingerprint density at radius 2 is 1.86 bits per heavy atom. The van der Waals surface area contributed by atoms with Crippen molar-refractivity contribution in [2.24, 2.45) is 5.41 Å². The van der Waals surface area contributed by atoms with Crippen molar-refractivity contribution in [2.45, 2.75) is 51.9 Å². The summed E-state index contributed by atoms with van der Waals surface area (Å²) in [6.07, 6.45) is -3.25. The van der Waals surface area contributed by atoms with Crippen LogP contribution in [0.1, 0.15) is 47.8 Å². The Balaban J connectivity index is 1.42. The number of nitrogens with zero attached hydrogens (tertiary/aromatic N) is 3. The number of carbonyl (C=O) groups excluding carboxylic acids is 1. The van der Waals surface area contributed by atoms with Crippen molar-refractivity contribution in [1.82, 2.24) is 14.9 Å². The van der Waals surface area contributed by atoms with Gasteiger partial charge in [-0.25, -0.2) is 9.97 Å². The van der Waals surface area contributed by atoms with Gasteiger partial charge in [-0.15, -0.1) is 0 Å². The third-order valence-electron chi connectivity index (χ3n) is 7.19. The molecule has 6 nitrogen and oxygen atoms in total. The van der Waals surface area contributed by atoms with Crippen molar-refractivity contribution in [2.75, 3.05) is 18.4 Å². The Hall–Kier alpha value is -3.20. The molecule has 1 saturated heterocycles. The van der Waals surface area contributed by atoms with E-state index in [0.29, 0.717) is 48.5 Å². The van der Waals surface area contributed by atoms with Crippen LogP contribution in [-0.2, 0) is 23.1 Å². The highest BCUT2D eigenvalue weighted by molar-refractivity contribution is 5.92. The second kappa shape index (κ2) is 7.91.